The molecule has 5 nitrogen and oxygen atoms in total. The van der Waals surface area contributed by atoms with Crippen LogP contribution in [0.15, 0.2) is 12.3 Å². The molecule has 0 spiro atoms. The molecule has 0 saturated heterocycles. The van der Waals surface area contributed by atoms with Crippen LogP contribution in [-0.4, -0.2) is 50.3 Å². The van der Waals surface area contributed by atoms with Crippen LogP contribution < -0.4 is 5.32 Å². The van der Waals surface area contributed by atoms with Crippen LogP contribution in [0.1, 0.15) is 6.92 Å². The van der Waals surface area contributed by atoms with E-state index in [1.165, 1.54) is 0 Å². The summed E-state index contributed by atoms with van der Waals surface area (Å²) in [7, 11) is 0. The summed E-state index contributed by atoms with van der Waals surface area (Å²) < 4.78 is 4.39. The van der Waals surface area contributed by atoms with Crippen LogP contribution in [0.25, 0.3) is 0 Å². The predicted molar refractivity (Wildman–Crippen MR) is 45.5 cm³/mol. The number of alkyl carbamates (subject to hydrolysis) is 1. The van der Waals surface area contributed by atoms with Crippen molar-refractivity contribution >= 4 is 38.6 Å². The fraction of sp³-hybridized carbons (Fsp3) is 0.333. The number of hydrogen-bond donors (Lipinski definition) is 2. The molecule has 0 heterocycles. The first-order valence-corrected chi connectivity index (χ1v) is 2.94. The van der Waals surface area contributed by atoms with E-state index in [1.807, 2.05) is 5.32 Å². The predicted octanol–water partition coefficient (Wildman–Crippen LogP) is -0.585. The molecule has 6 heteroatoms. The zero-order chi connectivity index (χ0) is 8.85. The molecular weight excluding hydrogens is 359 g/mol. The third-order valence-electron chi connectivity index (χ3n) is 0.787. The number of amides is 1. The molecule has 0 aromatic carbocycles. The van der Waals surface area contributed by atoms with Gasteiger partial charge in [-0.25, -0.2) is 9.59 Å². The van der Waals surface area contributed by atoms with Gasteiger partial charge in [0.15, 0.2) is 0 Å². The van der Waals surface area contributed by atoms with Gasteiger partial charge in [-0.15, -0.1) is 0 Å². The van der Waals surface area contributed by atoms with Gasteiger partial charge >= 0.3 is 38.6 Å². The van der Waals surface area contributed by atoms with Crippen molar-refractivity contribution in [3.8, 4) is 0 Å². The molecule has 12 heavy (non-hydrogen) atoms. The Kier molecular flexibility index (Phi) is 8.18. The Bertz CT molecular complexity index is 192. The van der Waals surface area contributed by atoms with E-state index < -0.39 is 17.8 Å². The second-order valence-corrected chi connectivity index (χ2v) is 1.63. The Morgan fingerprint density at radius 3 is 2.42 bits per heavy atom. The molecule has 0 saturated carbocycles. The standard InChI is InChI=1S/C6H9NO4.Po.2H/c1-3-11-6(10)7-4(2)5(8)9;;;/h2-3H2,1H3,(H,7,10)(H,8,9);;;. The average Bonchev–Trinajstić information content (AvgIpc) is 1.87. The number of rotatable bonds is 3. The van der Waals surface area contributed by atoms with Crippen LogP contribution in [0, 0.1) is 0 Å². The van der Waals surface area contributed by atoms with E-state index in [0.29, 0.717) is 0 Å². The van der Waals surface area contributed by atoms with Gasteiger partial charge in [0.25, 0.3) is 0 Å². The molecule has 0 aromatic rings. The molecule has 0 aliphatic carbocycles. The number of carboxylic acids is 1. The van der Waals surface area contributed by atoms with Crippen molar-refractivity contribution in [2.24, 2.45) is 0 Å². The van der Waals surface area contributed by atoms with Gasteiger partial charge in [0, 0.05) is 0 Å². The summed E-state index contributed by atoms with van der Waals surface area (Å²) in [5.41, 5.74) is -0.400. The third-order valence-corrected chi connectivity index (χ3v) is 0.787. The van der Waals surface area contributed by atoms with Gasteiger partial charge in [-0.3, -0.25) is 5.32 Å². The minimum atomic E-state index is -1.28. The topological polar surface area (TPSA) is 75.6 Å². The summed E-state index contributed by atoms with van der Waals surface area (Å²) in [4.78, 5) is 20.6. The third kappa shape index (κ3) is 6.11. The molecular formula is C6H11NO4Po. The van der Waals surface area contributed by atoms with Crippen LogP contribution in [0.5, 0.6) is 0 Å². The summed E-state index contributed by atoms with van der Waals surface area (Å²) >= 11 is 0. The Balaban J connectivity index is 0. The van der Waals surface area contributed by atoms with Crippen LogP contribution >= 0.6 is 0 Å². The molecule has 0 atom stereocenters. The first kappa shape index (κ1) is 13.9. The van der Waals surface area contributed by atoms with E-state index >= 15 is 0 Å². The number of carboxylic acid groups (broad SMARTS) is 1. The van der Waals surface area contributed by atoms with E-state index in [2.05, 4.69) is 11.3 Å². The van der Waals surface area contributed by atoms with Crippen molar-refractivity contribution in [3.05, 3.63) is 12.3 Å². The van der Waals surface area contributed by atoms with E-state index in [4.69, 9.17) is 5.11 Å². The Morgan fingerprint density at radius 1 is 1.58 bits per heavy atom. The van der Waals surface area contributed by atoms with Crippen molar-refractivity contribution in [2.45, 2.75) is 6.92 Å². The Morgan fingerprint density at radius 2 is 2.08 bits per heavy atom. The molecule has 0 aliphatic heterocycles. The molecule has 0 rings (SSSR count). The second-order valence-electron chi connectivity index (χ2n) is 1.63. The number of carbonyl (C=O) groups excluding carboxylic acids is 1. The molecule has 0 bridgehead atoms. The maximum absolute atomic E-state index is 10.5. The van der Waals surface area contributed by atoms with Gasteiger partial charge in [0.1, 0.15) is 5.70 Å². The Hall–Kier alpha value is -0.624. The normalized spacial score (nSPS) is 7.75. The molecule has 2 N–H and O–H groups in total. The van der Waals surface area contributed by atoms with Crippen LogP contribution in [-0.2, 0) is 9.53 Å². The molecule has 0 aliphatic rings. The fourth-order valence-corrected chi connectivity index (χ4v) is 0.344. The summed E-state index contributed by atoms with van der Waals surface area (Å²) in [6.07, 6.45) is -0.806. The SMILES string of the molecule is C=C(NC(=O)OCC)C(=O)O.[PoH2]. The number of ether oxygens (including phenoxy) is 1. The average molecular weight is 370 g/mol. The van der Waals surface area contributed by atoms with Crippen LogP contribution in [0.2, 0.25) is 0 Å². The van der Waals surface area contributed by atoms with Gasteiger partial charge in [-0.05, 0) is 6.92 Å². The minimum absolute atomic E-state index is 0. The zero-order valence-electron chi connectivity index (χ0n) is 6.59. The van der Waals surface area contributed by atoms with Crippen molar-refractivity contribution in [1.82, 2.24) is 5.32 Å². The quantitative estimate of drug-likeness (QED) is 0.652. The fourth-order valence-electron chi connectivity index (χ4n) is 0.344. The van der Waals surface area contributed by atoms with Crippen molar-refractivity contribution in [1.29, 1.82) is 0 Å². The van der Waals surface area contributed by atoms with Gasteiger partial charge in [-0.1, -0.05) is 6.58 Å². The molecule has 1 amide bonds. The summed E-state index contributed by atoms with van der Waals surface area (Å²) in [5.74, 6) is -1.28. The van der Waals surface area contributed by atoms with Crippen molar-refractivity contribution < 1.29 is 19.4 Å². The number of hydrogen-bond acceptors (Lipinski definition) is 3. The summed E-state index contributed by atoms with van der Waals surface area (Å²) in [5, 5.41) is 10.2. The summed E-state index contributed by atoms with van der Waals surface area (Å²) in [6, 6.07) is 0. The van der Waals surface area contributed by atoms with Crippen molar-refractivity contribution in [3.63, 3.8) is 0 Å². The molecule has 0 radical (unpaired) electrons. The van der Waals surface area contributed by atoms with Gasteiger partial charge in [-0.2, -0.15) is 0 Å². The zero-order valence-corrected chi connectivity index (χ0v) is 10.5. The van der Waals surface area contributed by atoms with Gasteiger partial charge < -0.3 is 9.84 Å². The number of aliphatic carboxylic acids is 1. The molecule has 0 aromatic heterocycles. The molecule has 70 valence electrons. The van der Waals surface area contributed by atoms with E-state index in [9.17, 15) is 9.59 Å². The monoisotopic (exact) mass is 370 g/mol. The molecule has 0 fully saturated rings. The van der Waals surface area contributed by atoms with Crippen LogP contribution in [0.3, 0.4) is 0 Å². The first-order valence-electron chi connectivity index (χ1n) is 2.94. The number of nitrogens with one attached hydrogen (secondary N) is 1. The maximum atomic E-state index is 10.5. The van der Waals surface area contributed by atoms with Gasteiger partial charge in [0.05, 0.1) is 6.61 Å². The number of carbonyl (C=O) groups is 2. The second kappa shape index (κ2) is 7.05. The summed E-state index contributed by atoms with van der Waals surface area (Å²) in [6.45, 7) is 4.87. The van der Waals surface area contributed by atoms with E-state index in [-0.39, 0.29) is 33.2 Å². The van der Waals surface area contributed by atoms with Crippen LogP contribution in [0.4, 0.5) is 4.79 Å². The molecule has 0 unspecified atom stereocenters. The van der Waals surface area contributed by atoms with Crippen molar-refractivity contribution in [2.75, 3.05) is 6.61 Å². The van der Waals surface area contributed by atoms with Gasteiger partial charge in [0.2, 0.25) is 0 Å². The first-order chi connectivity index (χ1) is 5.07. The Labute approximate surface area is 89.2 Å². The van der Waals surface area contributed by atoms with E-state index in [0.717, 1.165) is 0 Å². The van der Waals surface area contributed by atoms with E-state index in [1.54, 1.807) is 6.92 Å².